The van der Waals surface area contributed by atoms with Gasteiger partial charge in [-0.15, -0.1) is 0 Å². The zero-order chi connectivity index (χ0) is 10.4. The molecule has 0 fully saturated rings. The van der Waals surface area contributed by atoms with Crippen LogP contribution in [-0.4, -0.2) is 28.7 Å². The fraction of sp³-hybridized carbons (Fsp3) is 0.500. The van der Waals surface area contributed by atoms with E-state index in [-0.39, 0.29) is 12.5 Å². The lowest BCUT2D eigenvalue weighted by atomic mass is 10.2. The lowest BCUT2D eigenvalue weighted by molar-refractivity contribution is -0.120. The summed E-state index contributed by atoms with van der Waals surface area (Å²) in [5, 5.41) is 11.3. The Balaban J connectivity index is 2.27. The van der Waals surface area contributed by atoms with Crippen molar-refractivity contribution in [2.75, 3.05) is 13.2 Å². The molecule has 1 heterocycles. The van der Waals surface area contributed by atoms with Gasteiger partial charge in [0, 0.05) is 32.6 Å². The van der Waals surface area contributed by atoms with Crippen LogP contribution < -0.4 is 5.32 Å². The van der Waals surface area contributed by atoms with Crippen LogP contribution in [0.4, 0.5) is 0 Å². The Morgan fingerprint density at radius 3 is 3.00 bits per heavy atom. The predicted octanol–water partition coefficient (Wildman–Crippen LogP) is 0.0662. The number of aliphatic hydroxyl groups is 1. The normalized spacial score (nSPS) is 10.1. The molecule has 0 aromatic carbocycles. The summed E-state index contributed by atoms with van der Waals surface area (Å²) >= 11 is 0. The molecule has 0 saturated heterocycles. The van der Waals surface area contributed by atoms with Crippen molar-refractivity contribution >= 4 is 5.91 Å². The number of amides is 1. The number of aliphatic hydroxyl groups excluding tert-OH is 1. The number of hydrogen-bond acceptors (Lipinski definition) is 2. The fourth-order valence-electron chi connectivity index (χ4n) is 1.22. The molecule has 0 saturated carbocycles. The van der Waals surface area contributed by atoms with E-state index in [2.05, 4.69) is 5.32 Å². The van der Waals surface area contributed by atoms with Crippen molar-refractivity contribution in [1.29, 1.82) is 0 Å². The van der Waals surface area contributed by atoms with E-state index in [1.54, 1.807) is 0 Å². The molecule has 1 aromatic rings. The van der Waals surface area contributed by atoms with Crippen LogP contribution in [-0.2, 0) is 18.3 Å². The average Bonchev–Trinajstić information content (AvgIpc) is 2.52. The van der Waals surface area contributed by atoms with Gasteiger partial charge in [-0.1, -0.05) is 0 Å². The molecular weight excluding hydrogens is 180 g/mol. The van der Waals surface area contributed by atoms with Crippen molar-refractivity contribution in [3.8, 4) is 0 Å². The van der Waals surface area contributed by atoms with Gasteiger partial charge in [-0.05, 0) is 18.1 Å². The van der Waals surface area contributed by atoms with Gasteiger partial charge < -0.3 is 15.0 Å². The van der Waals surface area contributed by atoms with E-state index >= 15 is 0 Å². The molecule has 0 aliphatic heterocycles. The molecule has 4 nitrogen and oxygen atoms in total. The summed E-state index contributed by atoms with van der Waals surface area (Å²) in [4.78, 5) is 11.3. The smallest absolute Gasteiger partial charge is 0.224 e. The van der Waals surface area contributed by atoms with Crippen LogP contribution in [0, 0.1) is 0 Å². The van der Waals surface area contributed by atoms with E-state index in [1.807, 2.05) is 30.1 Å². The quantitative estimate of drug-likeness (QED) is 0.655. The van der Waals surface area contributed by atoms with Gasteiger partial charge in [0.2, 0.25) is 5.91 Å². The number of aryl methyl sites for hydroxylation is 1. The van der Waals surface area contributed by atoms with Crippen molar-refractivity contribution in [3.63, 3.8) is 0 Å². The molecule has 78 valence electrons. The van der Waals surface area contributed by atoms with E-state index in [1.165, 1.54) is 0 Å². The molecular formula is C10H16N2O2. The number of nitrogens with zero attached hydrogens (tertiary/aromatic N) is 1. The first-order chi connectivity index (χ1) is 6.72. The number of aromatic nitrogens is 1. The van der Waals surface area contributed by atoms with Crippen LogP contribution in [0.3, 0.4) is 0 Å². The van der Waals surface area contributed by atoms with Crippen LogP contribution in [0.2, 0.25) is 0 Å². The highest BCUT2D eigenvalue weighted by Crippen LogP contribution is 2.00. The third-order valence-electron chi connectivity index (χ3n) is 1.91. The first-order valence-electron chi connectivity index (χ1n) is 4.71. The lowest BCUT2D eigenvalue weighted by Gasteiger charge is -2.02. The summed E-state index contributed by atoms with van der Waals surface area (Å²) in [6.45, 7) is 0.660. The van der Waals surface area contributed by atoms with Crippen LogP contribution in [0.25, 0.3) is 0 Å². The molecule has 0 aliphatic rings. The largest absolute Gasteiger partial charge is 0.396 e. The molecule has 14 heavy (non-hydrogen) atoms. The second-order valence-corrected chi connectivity index (χ2v) is 3.29. The summed E-state index contributed by atoms with van der Waals surface area (Å²) in [6.07, 6.45) is 4.86. The van der Waals surface area contributed by atoms with Crippen molar-refractivity contribution in [1.82, 2.24) is 9.88 Å². The third-order valence-corrected chi connectivity index (χ3v) is 1.91. The molecule has 0 atom stereocenters. The predicted molar refractivity (Wildman–Crippen MR) is 53.8 cm³/mol. The SMILES string of the molecule is Cn1ccc(CC(=O)NCCCO)c1. The second kappa shape index (κ2) is 5.44. The molecule has 1 aromatic heterocycles. The van der Waals surface area contributed by atoms with Gasteiger partial charge >= 0.3 is 0 Å². The highest BCUT2D eigenvalue weighted by molar-refractivity contribution is 5.78. The Morgan fingerprint density at radius 1 is 1.64 bits per heavy atom. The maximum atomic E-state index is 11.3. The number of nitrogens with one attached hydrogen (secondary N) is 1. The van der Waals surface area contributed by atoms with E-state index < -0.39 is 0 Å². The molecule has 1 rings (SSSR count). The highest BCUT2D eigenvalue weighted by Gasteiger charge is 2.02. The first kappa shape index (κ1) is 10.8. The Hall–Kier alpha value is -1.29. The molecule has 0 radical (unpaired) electrons. The van der Waals surface area contributed by atoms with Gasteiger partial charge in [0.15, 0.2) is 0 Å². The van der Waals surface area contributed by atoms with E-state index in [0.717, 1.165) is 5.56 Å². The first-order valence-corrected chi connectivity index (χ1v) is 4.71. The lowest BCUT2D eigenvalue weighted by Crippen LogP contribution is -2.26. The Bertz CT molecular complexity index is 294. The number of rotatable bonds is 5. The zero-order valence-electron chi connectivity index (χ0n) is 8.36. The summed E-state index contributed by atoms with van der Waals surface area (Å²) in [6, 6.07) is 1.92. The van der Waals surface area contributed by atoms with E-state index in [4.69, 9.17) is 5.11 Å². The monoisotopic (exact) mass is 196 g/mol. The van der Waals surface area contributed by atoms with Gasteiger partial charge in [-0.2, -0.15) is 0 Å². The second-order valence-electron chi connectivity index (χ2n) is 3.29. The van der Waals surface area contributed by atoms with Crippen LogP contribution in [0.5, 0.6) is 0 Å². The van der Waals surface area contributed by atoms with Gasteiger partial charge in [0.05, 0.1) is 6.42 Å². The fourth-order valence-corrected chi connectivity index (χ4v) is 1.22. The van der Waals surface area contributed by atoms with Gasteiger partial charge in [-0.3, -0.25) is 4.79 Å². The molecule has 4 heteroatoms. The zero-order valence-corrected chi connectivity index (χ0v) is 8.36. The van der Waals surface area contributed by atoms with Crippen LogP contribution in [0.1, 0.15) is 12.0 Å². The summed E-state index contributed by atoms with van der Waals surface area (Å²) < 4.78 is 1.91. The van der Waals surface area contributed by atoms with Crippen molar-refractivity contribution < 1.29 is 9.90 Å². The highest BCUT2D eigenvalue weighted by atomic mass is 16.3. The van der Waals surface area contributed by atoms with Gasteiger partial charge in [0.1, 0.15) is 0 Å². The van der Waals surface area contributed by atoms with E-state index in [9.17, 15) is 4.79 Å². The van der Waals surface area contributed by atoms with Crippen molar-refractivity contribution in [2.45, 2.75) is 12.8 Å². The van der Waals surface area contributed by atoms with Crippen molar-refractivity contribution in [3.05, 3.63) is 24.0 Å². The summed E-state index contributed by atoms with van der Waals surface area (Å²) in [5.74, 6) is 0.00431. The van der Waals surface area contributed by atoms with Crippen LogP contribution in [0.15, 0.2) is 18.5 Å². The molecule has 0 bridgehead atoms. The summed E-state index contributed by atoms with van der Waals surface area (Å²) in [7, 11) is 1.92. The number of carbonyl (C=O) groups excluding carboxylic acids is 1. The molecule has 0 spiro atoms. The van der Waals surface area contributed by atoms with Gasteiger partial charge in [0.25, 0.3) is 0 Å². The minimum Gasteiger partial charge on any atom is -0.396 e. The third kappa shape index (κ3) is 3.62. The molecule has 0 unspecified atom stereocenters. The molecule has 2 N–H and O–H groups in total. The topological polar surface area (TPSA) is 54.3 Å². The van der Waals surface area contributed by atoms with Crippen molar-refractivity contribution in [2.24, 2.45) is 7.05 Å². The molecule has 1 amide bonds. The molecule has 0 aliphatic carbocycles. The maximum absolute atomic E-state index is 11.3. The standard InChI is InChI=1S/C10H16N2O2/c1-12-5-3-9(8-12)7-10(14)11-4-2-6-13/h3,5,8,13H,2,4,6-7H2,1H3,(H,11,14). The number of hydrogen-bond donors (Lipinski definition) is 2. The number of carbonyl (C=O) groups is 1. The van der Waals surface area contributed by atoms with Gasteiger partial charge in [-0.25, -0.2) is 0 Å². The van der Waals surface area contributed by atoms with E-state index in [0.29, 0.717) is 19.4 Å². The maximum Gasteiger partial charge on any atom is 0.224 e. The minimum absolute atomic E-state index is 0.00431. The summed E-state index contributed by atoms with van der Waals surface area (Å²) in [5.41, 5.74) is 1.01. The van der Waals surface area contributed by atoms with Crippen LogP contribution >= 0.6 is 0 Å². The minimum atomic E-state index is 0.00431. The average molecular weight is 196 g/mol. The Kier molecular flexibility index (Phi) is 4.19. The Morgan fingerprint density at radius 2 is 2.43 bits per heavy atom. The Labute approximate surface area is 83.5 Å².